The van der Waals surface area contributed by atoms with E-state index < -0.39 is 22.0 Å². The van der Waals surface area contributed by atoms with Crippen LogP contribution in [0.3, 0.4) is 0 Å². The molecule has 0 aliphatic carbocycles. The summed E-state index contributed by atoms with van der Waals surface area (Å²) in [5.41, 5.74) is 0.869. The third-order valence-electron chi connectivity index (χ3n) is 2.72. The lowest BCUT2D eigenvalue weighted by molar-refractivity contribution is -0.136. The molecule has 1 aromatic carbocycles. The van der Waals surface area contributed by atoms with E-state index in [-0.39, 0.29) is 18.8 Å². The Morgan fingerprint density at radius 2 is 1.95 bits per heavy atom. The largest absolute Gasteiger partial charge is 0.480 e. The highest BCUT2D eigenvalue weighted by Gasteiger charge is 2.24. The molecule has 0 fully saturated rings. The molecule has 0 saturated carbocycles. The van der Waals surface area contributed by atoms with Crippen molar-refractivity contribution in [3.8, 4) is 0 Å². The van der Waals surface area contributed by atoms with Gasteiger partial charge in [-0.05, 0) is 12.0 Å². The average molecular weight is 300 g/mol. The van der Waals surface area contributed by atoms with Gasteiger partial charge >= 0.3 is 5.97 Å². The van der Waals surface area contributed by atoms with Crippen molar-refractivity contribution in [3.63, 3.8) is 0 Å². The van der Waals surface area contributed by atoms with E-state index in [1.54, 1.807) is 7.11 Å². The van der Waals surface area contributed by atoms with Crippen molar-refractivity contribution in [1.29, 1.82) is 0 Å². The monoisotopic (exact) mass is 300 g/mol. The highest BCUT2D eigenvalue weighted by molar-refractivity contribution is 7.86. The lowest BCUT2D eigenvalue weighted by Gasteiger charge is -2.12. The van der Waals surface area contributed by atoms with Gasteiger partial charge in [0.1, 0.15) is 5.25 Å². The van der Waals surface area contributed by atoms with E-state index in [0.29, 0.717) is 13.2 Å². The van der Waals surface area contributed by atoms with E-state index >= 15 is 0 Å². The number of hydrogen-bond acceptors (Lipinski definition) is 4. The third kappa shape index (κ3) is 6.27. The molecule has 5 nitrogen and oxygen atoms in total. The Balaban J connectivity index is 2.45. The van der Waals surface area contributed by atoms with Crippen LogP contribution in [0, 0.1) is 0 Å². The zero-order valence-electron chi connectivity index (χ0n) is 11.5. The SMILES string of the molecule is COCCOCCS(=O)C(Cc1ccccc1)C(=O)O. The second-order valence-electron chi connectivity index (χ2n) is 4.21. The fourth-order valence-corrected chi connectivity index (χ4v) is 2.82. The van der Waals surface area contributed by atoms with Gasteiger partial charge in [0.05, 0.1) is 19.8 Å². The summed E-state index contributed by atoms with van der Waals surface area (Å²) in [5.74, 6) is -0.822. The van der Waals surface area contributed by atoms with E-state index in [9.17, 15) is 14.1 Å². The minimum absolute atomic E-state index is 0.216. The summed E-state index contributed by atoms with van der Waals surface area (Å²) in [5, 5.41) is 8.29. The van der Waals surface area contributed by atoms with Gasteiger partial charge in [-0.2, -0.15) is 0 Å². The van der Waals surface area contributed by atoms with Crippen molar-refractivity contribution in [2.75, 3.05) is 32.7 Å². The molecule has 0 bridgehead atoms. The maximum absolute atomic E-state index is 12.0. The molecule has 112 valence electrons. The molecule has 1 rings (SSSR count). The van der Waals surface area contributed by atoms with Gasteiger partial charge in [-0.3, -0.25) is 9.00 Å². The van der Waals surface area contributed by atoms with Gasteiger partial charge in [-0.1, -0.05) is 30.3 Å². The molecule has 0 aliphatic heterocycles. The standard InChI is InChI=1S/C14H20O5S/c1-18-7-8-19-9-10-20(17)13(14(15)16)11-12-5-3-2-4-6-12/h2-6,13H,7-11H2,1H3,(H,15,16). The zero-order valence-corrected chi connectivity index (χ0v) is 12.3. The van der Waals surface area contributed by atoms with E-state index in [1.165, 1.54) is 0 Å². The third-order valence-corrected chi connectivity index (χ3v) is 4.29. The van der Waals surface area contributed by atoms with Gasteiger partial charge in [-0.25, -0.2) is 0 Å². The van der Waals surface area contributed by atoms with E-state index in [0.717, 1.165) is 5.56 Å². The first-order chi connectivity index (χ1) is 9.65. The van der Waals surface area contributed by atoms with Gasteiger partial charge in [-0.15, -0.1) is 0 Å². The fourth-order valence-electron chi connectivity index (χ4n) is 1.65. The summed E-state index contributed by atoms with van der Waals surface area (Å²) < 4.78 is 22.1. The van der Waals surface area contributed by atoms with Crippen LogP contribution >= 0.6 is 0 Å². The Labute approximate surface area is 121 Å². The molecular weight excluding hydrogens is 280 g/mol. The van der Waals surface area contributed by atoms with Crippen molar-refractivity contribution in [3.05, 3.63) is 35.9 Å². The van der Waals surface area contributed by atoms with E-state index in [4.69, 9.17) is 9.47 Å². The first-order valence-corrected chi connectivity index (χ1v) is 7.74. The molecule has 0 radical (unpaired) electrons. The highest BCUT2D eigenvalue weighted by Crippen LogP contribution is 2.09. The molecule has 0 saturated heterocycles. The van der Waals surface area contributed by atoms with Crippen molar-refractivity contribution >= 4 is 16.8 Å². The van der Waals surface area contributed by atoms with Crippen LogP contribution in [-0.2, 0) is 31.5 Å². The zero-order chi connectivity index (χ0) is 14.8. The second kappa shape index (κ2) is 9.63. The quantitative estimate of drug-likeness (QED) is 0.655. The first kappa shape index (κ1) is 16.8. The van der Waals surface area contributed by atoms with E-state index in [2.05, 4.69) is 0 Å². The maximum atomic E-state index is 12.0. The highest BCUT2D eigenvalue weighted by atomic mass is 32.2. The van der Waals surface area contributed by atoms with Gasteiger partial charge in [0.2, 0.25) is 0 Å². The molecule has 20 heavy (non-hydrogen) atoms. The molecule has 0 spiro atoms. The molecule has 2 atom stereocenters. The molecule has 6 heteroatoms. The lowest BCUT2D eigenvalue weighted by atomic mass is 10.1. The van der Waals surface area contributed by atoms with Crippen LogP contribution in [0.15, 0.2) is 30.3 Å². The Kier molecular flexibility index (Phi) is 8.10. The number of carboxylic acid groups (broad SMARTS) is 1. The van der Waals surface area contributed by atoms with Crippen LogP contribution < -0.4 is 0 Å². The van der Waals surface area contributed by atoms with Gasteiger partial charge in [0, 0.05) is 23.7 Å². The van der Waals surface area contributed by atoms with Crippen LogP contribution in [0.5, 0.6) is 0 Å². The number of aliphatic carboxylic acids is 1. The van der Waals surface area contributed by atoms with Crippen molar-refractivity contribution in [2.45, 2.75) is 11.7 Å². The van der Waals surface area contributed by atoms with Gasteiger partial charge in [0.15, 0.2) is 0 Å². The summed E-state index contributed by atoms with van der Waals surface area (Å²) in [7, 11) is 0.112. The van der Waals surface area contributed by atoms with Crippen molar-refractivity contribution in [1.82, 2.24) is 0 Å². The molecule has 0 aromatic heterocycles. The molecule has 0 amide bonds. The Bertz CT molecular complexity index is 421. The lowest BCUT2D eigenvalue weighted by Crippen LogP contribution is -2.30. The number of carboxylic acids is 1. The predicted octanol–water partition coefficient (Wildman–Crippen LogP) is 1.09. The topological polar surface area (TPSA) is 72.8 Å². The molecular formula is C14H20O5S. The number of hydrogen-bond donors (Lipinski definition) is 1. The smallest absolute Gasteiger partial charge is 0.319 e. The second-order valence-corrected chi connectivity index (χ2v) is 5.95. The average Bonchev–Trinajstić information content (AvgIpc) is 2.45. The van der Waals surface area contributed by atoms with Crippen molar-refractivity contribution < 1.29 is 23.6 Å². The number of methoxy groups -OCH3 is 1. The molecule has 2 unspecified atom stereocenters. The predicted molar refractivity (Wildman–Crippen MR) is 77.3 cm³/mol. The van der Waals surface area contributed by atoms with Crippen LogP contribution in [0.4, 0.5) is 0 Å². The summed E-state index contributed by atoms with van der Waals surface area (Å²) in [4.78, 5) is 11.2. The molecule has 0 heterocycles. The number of benzene rings is 1. The summed E-state index contributed by atoms with van der Waals surface area (Å²) in [6.45, 7) is 1.16. The van der Waals surface area contributed by atoms with Crippen LogP contribution in [-0.4, -0.2) is 53.2 Å². The van der Waals surface area contributed by atoms with E-state index in [1.807, 2.05) is 30.3 Å². The first-order valence-electron chi connectivity index (χ1n) is 6.35. The van der Waals surface area contributed by atoms with Gasteiger partial charge < -0.3 is 14.6 Å². The number of rotatable bonds is 10. The normalized spacial score (nSPS) is 13.8. The summed E-state index contributed by atoms with van der Waals surface area (Å²) in [6, 6.07) is 9.21. The Hall–Kier alpha value is -1.24. The maximum Gasteiger partial charge on any atom is 0.319 e. The van der Waals surface area contributed by atoms with Gasteiger partial charge in [0.25, 0.3) is 0 Å². The Morgan fingerprint density at radius 3 is 2.55 bits per heavy atom. The van der Waals surface area contributed by atoms with Crippen molar-refractivity contribution in [2.24, 2.45) is 0 Å². The minimum Gasteiger partial charge on any atom is -0.480 e. The summed E-state index contributed by atoms with van der Waals surface area (Å²) >= 11 is 0. The fraction of sp³-hybridized carbons (Fsp3) is 0.500. The molecule has 0 aliphatic rings. The van der Waals surface area contributed by atoms with Crippen LogP contribution in [0.1, 0.15) is 5.56 Å². The summed E-state index contributed by atoms with van der Waals surface area (Å²) in [6.07, 6.45) is 0.265. The molecule has 1 aromatic rings. The van der Waals surface area contributed by atoms with Crippen LogP contribution in [0.25, 0.3) is 0 Å². The number of carbonyl (C=O) groups is 1. The Morgan fingerprint density at radius 1 is 1.25 bits per heavy atom. The van der Waals surface area contributed by atoms with Crippen LogP contribution in [0.2, 0.25) is 0 Å². The molecule has 1 N–H and O–H groups in total. The minimum atomic E-state index is -1.46. The number of ether oxygens (including phenoxy) is 2.